The summed E-state index contributed by atoms with van der Waals surface area (Å²) in [5.41, 5.74) is 0.474. The van der Waals surface area contributed by atoms with Crippen LogP contribution in [0.5, 0.6) is 0 Å². The van der Waals surface area contributed by atoms with Gasteiger partial charge in [0.1, 0.15) is 6.04 Å². The van der Waals surface area contributed by atoms with Crippen LogP contribution in [0.25, 0.3) is 10.8 Å². The maximum absolute atomic E-state index is 12.9. The molecule has 0 bridgehead atoms. The lowest BCUT2D eigenvalue weighted by Gasteiger charge is -2.33. The number of rotatable bonds is 2. The zero-order valence-electron chi connectivity index (χ0n) is 14.2. The number of hydrogen-bond donors (Lipinski definition) is 1. The van der Waals surface area contributed by atoms with Crippen LogP contribution in [-0.2, 0) is 4.79 Å². The summed E-state index contributed by atoms with van der Waals surface area (Å²) in [4.78, 5) is 39.2. The number of benzene rings is 2. The lowest BCUT2D eigenvalue weighted by atomic mass is 9.93. The van der Waals surface area contributed by atoms with Gasteiger partial charge in [0.2, 0.25) is 5.91 Å². The highest BCUT2D eigenvalue weighted by molar-refractivity contribution is 6.26. The monoisotopic (exact) mass is 324 g/mol. The van der Waals surface area contributed by atoms with Crippen molar-refractivity contribution < 1.29 is 14.4 Å². The highest BCUT2D eigenvalue weighted by Gasteiger charge is 2.38. The van der Waals surface area contributed by atoms with Crippen molar-refractivity contribution in [3.05, 3.63) is 47.5 Å². The van der Waals surface area contributed by atoms with Crippen LogP contribution in [0.3, 0.4) is 0 Å². The molecule has 1 atom stereocenters. The van der Waals surface area contributed by atoms with Crippen molar-refractivity contribution >= 4 is 28.5 Å². The molecule has 0 saturated carbocycles. The highest BCUT2D eigenvalue weighted by atomic mass is 16.2. The normalized spacial score (nSPS) is 15.6. The second-order valence-corrected chi connectivity index (χ2v) is 7.10. The van der Waals surface area contributed by atoms with Gasteiger partial charge in [-0.2, -0.15) is 0 Å². The van der Waals surface area contributed by atoms with Gasteiger partial charge in [-0.15, -0.1) is 0 Å². The Morgan fingerprint density at radius 3 is 1.96 bits per heavy atom. The van der Waals surface area contributed by atoms with Crippen molar-refractivity contribution in [2.45, 2.75) is 39.3 Å². The third kappa shape index (κ3) is 2.56. The zero-order chi connectivity index (χ0) is 17.6. The van der Waals surface area contributed by atoms with Gasteiger partial charge in [-0.25, -0.2) is 0 Å². The fourth-order valence-corrected chi connectivity index (χ4v) is 2.99. The van der Waals surface area contributed by atoms with Gasteiger partial charge in [0.15, 0.2) is 0 Å². The summed E-state index contributed by atoms with van der Waals surface area (Å²) < 4.78 is 0. The molecule has 3 amide bonds. The first-order valence-electron chi connectivity index (χ1n) is 7.92. The molecule has 24 heavy (non-hydrogen) atoms. The Labute approximate surface area is 140 Å². The molecule has 0 aliphatic carbocycles. The van der Waals surface area contributed by atoms with E-state index in [2.05, 4.69) is 5.32 Å². The van der Waals surface area contributed by atoms with E-state index in [1.54, 1.807) is 31.2 Å². The summed E-state index contributed by atoms with van der Waals surface area (Å²) >= 11 is 0. The van der Waals surface area contributed by atoms with Crippen LogP contribution in [0.4, 0.5) is 0 Å². The second-order valence-electron chi connectivity index (χ2n) is 7.10. The van der Waals surface area contributed by atoms with Gasteiger partial charge in [0.05, 0.1) is 0 Å². The van der Waals surface area contributed by atoms with Crippen molar-refractivity contribution in [2.75, 3.05) is 0 Å². The first-order chi connectivity index (χ1) is 11.2. The summed E-state index contributed by atoms with van der Waals surface area (Å²) in [6.45, 7) is 7.14. The third-order valence-corrected chi connectivity index (χ3v) is 4.07. The quantitative estimate of drug-likeness (QED) is 0.864. The Balaban J connectivity index is 2.05. The maximum atomic E-state index is 12.9. The molecule has 3 rings (SSSR count). The van der Waals surface area contributed by atoms with Crippen LogP contribution in [0.2, 0.25) is 0 Å². The number of imide groups is 1. The van der Waals surface area contributed by atoms with Crippen LogP contribution < -0.4 is 5.32 Å². The smallest absolute Gasteiger partial charge is 0.262 e. The molecule has 2 aromatic carbocycles. The molecule has 0 aromatic heterocycles. The van der Waals surface area contributed by atoms with Gasteiger partial charge in [0, 0.05) is 22.1 Å². The summed E-state index contributed by atoms with van der Waals surface area (Å²) in [5.74, 6) is -1.21. The van der Waals surface area contributed by atoms with E-state index in [1.165, 1.54) is 0 Å². The molecule has 5 nitrogen and oxygen atoms in total. The molecule has 1 heterocycles. The zero-order valence-corrected chi connectivity index (χ0v) is 14.2. The average molecular weight is 324 g/mol. The van der Waals surface area contributed by atoms with Crippen LogP contribution in [0.15, 0.2) is 36.4 Å². The number of carbonyl (C=O) groups excluding carboxylic acids is 3. The Morgan fingerprint density at radius 1 is 1.00 bits per heavy atom. The predicted molar refractivity (Wildman–Crippen MR) is 91.8 cm³/mol. The molecule has 0 fully saturated rings. The molecule has 2 aromatic rings. The van der Waals surface area contributed by atoms with E-state index in [-0.39, 0.29) is 5.91 Å². The largest absolute Gasteiger partial charge is 0.350 e. The second kappa shape index (κ2) is 5.44. The Morgan fingerprint density at radius 2 is 1.50 bits per heavy atom. The first-order valence-corrected chi connectivity index (χ1v) is 7.92. The minimum atomic E-state index is -0.882. The van der Waals surface area contributed by atoms with E-state index in [9.17, 15) is 14.4 Å². The fraction of sp³-hybridized carbons (Fsp3) is 0.316. The lowest BCUT2D eigenvalue weighted by Crippen LogP contribution is -2.55. The Kier molecular flexibility index (Phi) is 3.67. The molecule has 1 aliphatic heterocycles. The summed E-state index contributed by atoms with van der Waals surface area (Å²) in [6, 6.07) is 9.82. The molecule has 0 radical (unpaired) electrons. The molecule has 0 spiro atoms. The number of carbonyl (C=O) groups is 3. The SMILES string of the molecule is C[C@@H](C(=O)NC(C)(C)C)N1C(=O)c2cccc3cccc(c23)C1=O. The highest BCUT2D eigenvalue weighted by Crippen LogP contribution is 2.30. The average Bonchev–Trinajstić information content (AvgIpc) is 2.50. The summed E-state index contributed by atoms with van der Waals surface area (Å²) in [5, 5.41) is 4.33. The molecular formula is C19H20N2O3. The minimum Gasteiger partial charge on any atom is -0.350 e. The predicted octanol–water partition coefficient (Wildman–Crippen LogP) is 2.74. The molecule has 5 heteroatoms. The van der Waals surface area contributed by atoms with Crippen LogP contribution in [0, 0.1) is 0 Å². The maximum Gasteiger partial charge on any atom is 0.262 e. The number of nitrogens with zero attached hydrogens (tertiary/aromatic N) is 1. The molecule has 0 unspecified atom stereocenters. The lowest BCUT2D eigenvalue weighted by molar-refractivity contribution is -0.126. The molecule has 0 saturated heterocycles. The van der Waals surface area contributed by atoms with E-state index in [4.69, 9.17) is 0 Å². The Hall–Kier alpha value is -2.69. The Bertz CT molecular complexity index is 814. The van der Waals surface area contributed by atoms with E-state index in [0.29, 0.717) is 16.5 Å². The summed E-state index contributed by atoms with van der Waals surface area (Å²) in [6.07, 6.45) is 0. The van der Waals surface area contributed by atoms with Gasteiger partial charge in [-0.05, 0) is 45.2 Å². The first kappa shape index (κ1) is 16.2. The van der Waals surface area contributed by atoms with E-state index < -0.39 is 23.4 Å². The summed E-state index contributed by atoms with van der Waals surface area (Å²) in [7, 11) is 0. The van der Waals surface area contributed by atoms with E-state index in [0.717, 1.165) is 10.3 Å². The molecule has 1 aliphatic rings. The number of amides is 3. The van der Waals surface area contributed by atoms with E-state index >= 15 is 0 Å². The molecule has 1 N–H and O–H groups in total. The van der Waals surface area contributed by atoms with Gasteiger partial charge < -0.3 is 5.32 Å². The van der Waals surface area contributed by atoms with Crippen molar-refractivity contribution in [3.8, 4) is 0 Å². The van der Waals surface area contributed by atoms with Gasteiger partial charge in [-0.3, -0.25) is 19.3 Å². The molecular weight excluding hydrogens is 304 g/mol. The van der Waals surface area contributed by atoms with Gasteiger partial charge in [-0.1, -0.05) is 24.3 Å². The van der Waals surface area contributed by atoms with E-state index in [1.807, 2.05) is 32.9 Å². The standard InChI is InChI=1S/C19H20N2O3/c1-11(16(22)20-19(2,3)4)21-17(23)13-9-5-7-12-8-6-10-14(15(12)13)18(21)24/h5-11H,1-4H3,(H,20,22)/t11-/m0/s1. The fourth-order valence-electron chi connectivity index (χ4n) is 2.99. The van der Waals surface area contributed by atoms with Crippen molar-refractivity contribution in [1.82, 2.24) is 10.2 Å². The number of hydrogen-bond acceptors (Lipinski definition) is 3. The van der Waals surface area contributed by atoms with Crippen LogP contribution >= 0.6 is 0 Å². The number of nitrogens with one attached hydrogen (secondary N) is 1. The van der Waals surface area contributed by atoms with Gasteiger partial charge >= 0.3 is 0 Å². The third-order valence-electron chi connectivity index (χ3n) is 4.07. The van der Waals surface area contributed by atoms with Crippen LogP contribution in [-0.4, -0.2) is 34.2 Å². The minimum absolute atomic E-state index is 0.351. The topological polar surface area (TPSA) is 66.5 Å². The van der Waals surface area contributed by atoms with Crippen molar-refractivity contribution in [3.63, 3.8) is 0 Å². The molecule has 124 valence electrons. The van der Waals surface area contributed by atoms with Crippen molar-refractivity contribution in [2.24, 2.45) is 0 Å². The van der Waals surface area contributed by atoms with Gasteiger partial charge in [0.25, 0.3) is 11.8 Å². The van der Waals surface area contributed by atoms with Crippen molar-refractivity contribution in [1.29, 1.82) is 0 Å². The van der Waals surface area contributed by atoms with Crippen LogP contribution in [0.1, 0.15) is 48.4 Å².